The van der Waals surface area contributed by atoms with Gasteiger partial charge in [0.2, 0.25) is 6.29 Å². The lowest BCUT2D eigenvalue weighted by Crippen LogP contribution is -2.60. The molecule has 0 aliphatic carbocycles. The second-order valence-corrected chi connectivity index (χ2v) is 8.89. The van der Waals surface area contributed by atoms with E-state index in [-0.39, 0.29) is 11.6 Å². The van der Waals surface area contributed by atoms with Gasteiger partial charge in [-0.25, -0.2) is 14.1 Å². The Balaban J connectivity index is 1.37. The van der Waals surface area contributed by atoms with E-state index in [4.69, 9.17) is 25.8 Å². The summed E-state index contributed by atoms with van der Waals surface area (Å²) >= 11 is 6.56. The SMILES string of the molecule is OC[C@H]1O[C@H](Oc2ccc(C3OC3(Cn3cncn3)c3ccc(F)cc3)c(Cl)c2)[C@H](O)[C@@H](O)[C@@H]1O. The van der Waals surface area contributed by atoms with Crippen molar-refractivity contribution in [2.24, 2.45) is 0 Å². The first-order valence-corrected chi connectivity index (χ1v) is 11.2. The number of nitrogens with zero attached hydrogens (tertiary/aromatic N) is 3. The molecule has 4 N–H and O–H groups in total. The average Bonchev–Trinajstić information content (AvgIpc) is 3.31. The van der Waals surface area contributed by atoms with Gasteiger partial charge in [0.15, 0.2) is 0 Å². The van der Waals surface area contributed by atoms with Gasteiger partial charge in [0, 0.05) is 5.56 Å². The number of halogens is 2. The van der Waals surface area contributed by atoms with Gasteiger partial charge in [-0.2, -0.15) is 5.10 Å². The van der Waals surface area contributed by atoms with Crippen LogP contribution >= 0.6 is 11.6 Å². The van der Waals surface area contributed by atoms with Crippen molar-refractivity contribution in [1.29, 1.82) is 0 Å². The summed E-state index contributed by atoms with van der Waals surface area (Å²) in [4.78, 5) is 3.96. The summed E-state index contributed by atoms with van der Waals surface area (Å²) in [5.74, 6) is -0.137. The fourth-order valence-electron chi connectivity index (χ4n) is 4.30. The third kappa shape index (κ3) is 4.52. The van der Waals surface area contributed by atoms with Gasteiger partial charge in [-0.15, -0.1) is 0 Å². The van der Waals surface area contributed by atoms with E-state index in [9.17, 15) is 24.8 Å². The van der Waals surface area contributed by atoms with E-state index < -0.39 is 49.0 Å². The third-order valence-electron chi connectivity index (χ3n) is 6.25. The van der Waals surface area contributed by atoms with Crippen molar-refractivity contribution in [1.82, 2.24) is 14.8 Å². The van der Waals surface area contributed by atoms with Crippen molar-refractivity contribution in [2.75, 3.05) is 6.61 Å². The largest absolute Gasteiger partial charge is 0.462 e. The molecule has 2 unspecified atom stereocenters. The molecular weight excluding hydrogens is 485 g/mol. The second-order valence-electron chi connectivity index (χ2n) is 8.49. The predicted molar refractivity (Wildman–Crippen MR) is 118 cm³/mol. The maximum Gasteiger partial charge on any atom is 0.229 e. The van der Waals surface area contributed by atoms with Crippen LogP contribution in [-0.2, 0) is 21.6 Å². The topological polar surface area (TPSA) is 143 Å². The van der Waals surface area contributed by atoms with Crippen LogP contribution in [0, 0.1) is 5.82 Å². The highest BCUT2D eigenvalue weighted by atomic mass is 35.5. The average molecular weight is 508 g/mol. The van der Waals surface area contributed by atoms with E-state index in [1.54, 1.807) is 35.3 Å². The Morgan fingerprint density at radius 1 is 1.09 bits per heavy atom. The summed E-state index contributed by atoms with van der Waals surface area (Å²) in [6.45, 7) is -0.247. The van der Waals surface area contributed by atoms with Gasteiger partial charge in [0.25, 0.3) is 0 Å². The molecule has 2 aliphatic rings. The quantitative estimate of drug-likeness (QED) is 0.343. The molecular formula is C23H23ClFN3O7. The van der Waals surface area contributed by atoms with E-state index in [2.05, 4.69) is 10.1 Å². The number of epoxide rings is 1. The van der Waals surface area contributed by atoms with Crippen LogP contribution in [0.5, 0.6) is 5.75 Å². The van der Waals surface area contributed by atoms with Gasteiger partial charge in [-0.05, 0) is 29.8 Å². The van der Waals surface area contributed by atoms with Gasteiger partial charge in [-0.3, -0.25) is 0 Å². The highest BCUT2D eigenvalue weighted by Gasteiger charge is 2.59. The number of hydrogen-bond acceptors (Lipinski definition) is 9. The van der Waals surface area contributed by atoms with Crippen molar-refractivity contribution in [3.05, 3.63) is 77.1 Å². The van der Waals surface area contributed by atoms with Crippen molar-refractivity contribution in [2.45, 2.75) is 49.0 Å². The maximum absolute atomic E-state index is 13.5. The standard InChI is InChI=1S/C23H23ClFN3O7/c24-16-7-14(33-22-20(32)19(31)18(30)17(8-29)34-22)5-6-15(16)21-23(35-21,9-28-11-26-10-27-28)12-1-3-13(25)4-2-12/h1-7,10-11,17-22,29-32H,8-9H2/t17-,18-,19+,20-,21?,22+,23?/m1/s1. The Morgan fingerprint density at radius 2 is 1.86 bits per heavy atom. The molecule has 0 bridgehead atoms. The Morgan fingerprint density at radius 3 is 2.51 bits per heavy atom. The summed E-state index contributed by atoms with van der Waals surface area (Å²) in [7, 11) is 0. The summed E-state index contributed by atoms with van der Waals surface area (Å²) in [6.07, 6.45) is -4.53. The minimum Gasteiger partial charge on any atom is -0.462 e. The molecule has 3 heterocycles. The molecule has 0 amide bonds. The van der Waals surface area contributed by atoms with Crippen LogP contribution in [0.3, 0.4) is 0 Å². The Hall–Kier alpha value is -2.64. The van der Waals surface area contributed by atoms with Crippen LogP contribution in [0.4, 0.5) is 4.39 Å². The first-order valence-electron chi connectivity index (χ1n) is 10.9. The van der Waals surface area contributed by atoms with Gasteiger partial charge in [-0.1, -0.05) is 29.8 Å². The number of aliphatic hydroxyl groups excluding tert-OH is 4. The first kappa shape index (κ1) is 24.1. The molecule has 35 heavy (non-hydrogen) atoms. The number of aliphatic hydroxyl groups is 4. The molecule has 0 radical (unpaired) electrons. The zero-order valence-corrected chi connectivity index (χ0v) is 18.9. The molecule has 1 aromatic heterocycles. The van der Waals surface area contributed by atoms with E-state index in [0.29, 0.717) is 17.1 Å². The van der Waals surface area contributed by atoms with Crippen LogP contribution in [0.25, 0.3) is 0 Å². The van der Waals surface area contributed by atoms with Gasteiger partial charge < -0.3 is 34.6 Å². The monoisotopic (exact) mass is 507 g/mol. The van der Waals surface area contributed by atoms with E-state index >= 15 is 0 Å². The first-order chi connectivity index (χ1) is 16.8. The van der Waals surface area contributed by atoms with Crippen molar-refractivity contribution >= 4 is 11.6 Å². The van der Waals surface area contributed by atoms with E-state index in [1.807, 2.05) is 0 Å². The van der Waals surface area contributed by atoms with Crippen molar-refractivity contribution in [3.63, 3.8) is 0 Å². The fourth-order valence-corrected chi connectivity index (χ4v) is 4.57. The highest BCUT2D eigenvalue weighted by Crippen LogP contribution is 2.59. The molecule has 12 heteroatoms. The van der Waals surface area contributed by atoms with Gasteiger partial charge >= 0.3 is 0 Å². The molecule has 7 atom stereocenters. The number of rotatable bonds is 7. The molecule has 2 aliphatic heterocycles. The molecule has 186 valence electrons. The van der Waals surface area contributed by atoms with Crippen molar-refractivity contribution in [3.8, 4) is 5.75 Å². The number of benzene rings is 2. The highest BCUT2D eigenvalue weighted by molar-refractivity contribution is 6.31. The summed E-state index contributed by atoms with van der Waals surface area (Å²) < 4.78 is 32.3. The Bertz CT molecular complexity index is 1170. The van der Waals surface area contributed by atoms with Crippen LogP contribution in [0.1, 0.15) is 17.2 Å². The Labute approximate surface area is 204 Å². The van der Waals surface area contributed by atoms with Gasteiger partial charge in [0.05, 0.1) is 18.2 Å². The predicted octanol–water partition coefficient (Wildman–Crippen LogP) is 0.916. The molecule has 0 spiro atoms. The number of ether oxygens (including phenoxy) is 3. The fraction of sp³-hybridized carbons (Fsp3) is 0.391. The lowest BCUT2D eigenvalue weighted by molar-refractivity contribution is -0.277. The normalized spacial score (nSPS) is 32.4. The lowest BCUT2D eigenvalue weighted by atomic mass is 9.91. The minimum absolute atomic E-state index is 0.229. The summed E-state index contributed by atoms with van der Waals surface area (Å²) in [5, 5.41) is 43.9. The molecule has 5 rings (SSSR count). The second kappa shape index (κ2) is 9.43. The van der Waals surface area contributed by atoms with Crippen LogP contribution in [0.15, 0.2) is 55.1 Å². The van der Waals surface area contributed by atoms with Crippen LogP contribution in [0.2, 0.25) is 5.02 Å². The minimum atomic E-state index is -1.56. The zero-order valence-electron chi connectivity index (χ0n) is 18.2. The van der Waals surface area contributed by atoms with Crippen LogP contribution < -0.4 is 4.74 Å². The number of hydrogen-bond donors (Lipinski definition) is 4. The molecule has 2 saturated heterocycles. The smallest absolute Gasteiger partial charge is 0.229 e. The molecule has 3 aromatic rings. The summed E-state index contributed by atoms with van der Waals surface area (Å²) in [5.41, 5.74) is 0.555. The number of aromatic nitrogens is 3. The maximum atomic E-state index is 13.5. The zero-order chi connectivity index (χ0) is 24.7. The lowest BCUT2D eigenvalue weighted by Gasteiger charge is -2.39. The van der Waals surface area contributed by atoms with Crippen LogP contribution in [-0.4, -0.2) is 72.5 Å². The summed E-state index contributed by atoms with van der Waals surface area (Å²) in [6, 6.07) is 10.8. The van der Waals surface area contributed by atoms with Crippen molar-refractivity contribution < 1.29 is 39.0 Å². The molecule has 0 saturated carbocycles. The van der Waals surface area contributed by atoms with E-state index in [0.717, 1.165) is 5.56 Å². The van der Waals surface area contributed by atoms with E-state index in [1.165, 1.54) is 24.5 Å². The third-order valence-corrected chi connectivity index (χ3v) is 6.57. The molecule has 2 fully saturated rings. The molecule has 10 nitrogen and oxygen atoms in total. The molecule has 2 aromatic carbocycles. The Kier molecular flexibility index (Phi) is 6.49. The van der Waals surface area contributed by atoms with Gasteiger partial charge in [0.1, 0.15) is 60.3 Å².